The molecule has 0 aliphatic heterocycles. The fraction of sp³-hybridized carbons (Fsp3) is 0.909. The number of hydrogen-bond donors (Lipinski definition) is 2. The van der Waals surface area contributed by atoms with Crippen LogP contribution in [0, 0.1) is 0 Å². The Morgan fingerprint density at radius 1 is 0.593 bits per heavy atom. The average molecular weight is 498 g/mol. The van der Waals surface area contributed by atoms with Gasteiger partial charge in [0.05, 0.1) is 0 Å². The van der Waals surface area contributed by atoms with Crippen molar-refractivity contribution in [3.8, 4) is 0 Å². The Hall–Kier alpha value is -0.270. The zero-order chi connectivity index (χ0) is 20.3. The third kappa shape index (κ3) is 21.9. The van der Waals surface area contributed by atoms with Gasteiger partial charge in [0.2, 0.25) is 0 Å². The standard InChI is InChI=1S/C22H42O4Te/c1-19(15-11-7-3-5-9-13-17-21(23)24)27-20(2)16-12-8-4-6-10-14-18-22(25)26/h19-20H,3-18H2,1-2H3,(H,23,24)(H,25,26). The summed E-state index contributed by atoms with van der Waals surface area (Å²) in [5.74, 6) is -1.34. The van der Waals surface area contributed by atoms with E-state index in [2.05, 4.69) is 13.8 Å². The molecule has 5 heteroatoms. The molecule has 2 unspecified atom stereocenters. The summed E-state index contributed by atoms with van der Waals surface area (Å²) in [5, 5.41) is 17.2. The Morgan fingerprint density at radius 3 is 1.22 bits per heavy atom. The van der Waals surface area contributed by atoms with Crippen LogP contribution < -0.4 is 0 Å². The molecule has 0 amide bonds. The Labute approximate surface area is 177 Å². The minimum absolute atomic E-state index is 0.100. The van der Waals surface area contributed by atoms with Crippen molar-refractivity contribution in [1.82, 2.24) is 0 Å². The number of carbonyl (C=O) groups is 2. The molecule has 0 radical (unpaired) electrons. The summed E-state index contributed by atoms with van der Waals surface area (Å²) in [5.41, 5.74) is 0. The van der Waals surface area contributed by atoms with Crippen LogP contribution >= 0.6 is 0 Å². The summed E-state index contributed by atoms with van der Waals surface area (Å²) in [6.07, 6.45) is 17.4. The first kappa shape index (κ1) is 26.7. The molecule has 4 nitrogen and oxygen atoms in total. The first-order chi connectivity index (χ1) is 12.9. The Bertz CT molecular complexity index is 339. The second-order valence-corrected chi connectivity index (χ2v) is 13.2. The molecule has 0 aliphatic carbocycles. The van der Waals surface area contributed by atoms with E-state index in [9.17, 15) is 9.59 Å². The SMILES string of the molecule is CC(CCCCCCCCC(=O)O)[Te]C(C)CCCCCCCCC(=O)O. The monoisotopic (exact) mass is 500 g/mol. The van der Waals surface area contributed by atoms with Gasteiger partial charge in [0.25, 0.3) is 0 Å². The summed E-state index contributed by atoms with van der Waals surface area (Å²) in [6.45, 7) is 4.88. The van der Waals surface area contributed by atoms with E-state index in [1.54, 1.807) is 0 Å². The van der Waals surface area contributed by atoms with Crippen LogP contribution in [-0.2, 0) is 9.59 Å². The van der Waals surface area contributed by atoms with Crippen LogP contribution in [0.2, 0.25) is 7.93 Å². The van der Waals surface area contributed by atoms with E-state index in [0.717, 1.165) is 33.6 Å². The van der Waals surface area contributed by atoms with Crippen molar-refractivity contribution < 1.29 is 19.8 Å². The third-order valence-electron chi connectivity index (χ3n) is 4.97. The average Bonchev–Trinajstić information content (AvgIpc) is 2.59. The molecule has 0 aliphatic rings. The van der Waals surface area contributed by atoms with Gasteiger partial charge >= 0.3 is 177 Å². The molecule has 0 bridgehead atoms. The molecule has 0 saturated heterocycles. The van der Waals surface area contributed by atoms with Crippen molar-refractivity contribution in [2.75, 3.05) is 0 Å². The van der Waals surface area contributed by atoms with E-state index in [4.69, 9.17) is 10.2 Å². The molecule has 2 atom stereocenters. The van der Waals surface area contributed by atoms with E-state index in [-0.39, 0.29) is 20.9 Å². The third-order valence-corrected chi connectivity index (χ3v) is 8.96. The first-order valence-corrected chi connectivity index (χ1v) is 13.7. The molecule has 0 spiro atoms. The van der Waals surface area contributed by atoms with Crippen molar-refractivity contribution in [2.45, 2.75) is 125 Å². The number of carboxylic acids is 2. The molecular weight excluding hydrogens is 456 g/mol. The van der Waals surface area contributed by atoms with Gasteiger partial charge in [0, 0.05) is 0 Å². The van der Waals surface area contributed by atoms with Gasteiger partial charge in [0.1, 0.15) is 0 Å². The van der Waals surface area contributed by atoms with Gasteiger partial charge in [0.15, 0.2) is 0 Å². The molecule has 2 N–H and O–H groups in total. The second kappa shape index (κ2) is 19.1. The molecular formula is C22H42O4Te. The van der Waals surface area contributed by atoms with Crippen LogP contribution in [0.4, 0.5) is 0 Å². The van der Waals surface area contributed by atoms with Crippen molar-refractivity contribution in [3.05, 3.63) is 0 Å². The molecule has 0 heterocycles. The topological polar surface area (TPSA) is 74.6 Å². The van der Waals surface area contributed by atoms with Crippen LogP contribution in [0.1, 0.15) is 117 Å². The summed E-state index contributed by atoms with van der Waals surface area (Å²) < 4.78 is 1.88. The zero-order valence-corrected chi connectivity index (χ0v) is 19.9. The van der Waals surface area contributed by atoms with Gasteiger partial charge in [-0.05, 0) is 0 Å². The van der Waals surface area contributed by atoms with E-state index in [0.29, 0.717) is 12.8 Å². The van der Waals surface area contributed by atoms with Crippen molar-refractivity contribution >= 4 is 32.9 Å². The second-order valence-electron chi connectivity index (χ2n) is 7.86. The normalized spacial score (nSPS) is 13.4. The van der Waals surface area contributed by atoms with Crippen molar-refractivity contribution in [3.63, 3.8) is 0 Å². The summed E-state index contributed by atoms with van der Waals surface area (Å²) in [7, 11) is 0. The van der Waals surface area contributed by atoms with E-state index in [1.807, 2.05) is 0 Å². The molecule has 27 heavy (non-hydrogen) atoms. The van der Waals surface area contributed by atoms with E-state index in [1.165, 1.54) is 64.2 Å². The van der Waals surface area contributed by atoms with Crippen LogP contribution in [-0.4, -0.2) is 43.1 Å². The zero-order valence-electron chi connectivity index (χ0n) is 17.6. The van der Waals surface area contributed by atoms with E-state index < -0.39 is 11.9 Å². The van der Waals surface area contributed by atoms with Crippen molar-refractivity contribution in [1.29, 1.82) is 0 Å². The summed E-state index contributed by atoms with van der Waals surface area (Å²) in [6, 6.07) is 0. The molecule has 0 fully saturated rings. The maximum atomic E-state index is 10.4. The Balaban J connectivity index is 3.37. The fourth-order valence-corrected chi connectivity index (χ4v) is 7.35. The number of carboxylic acid groups (broad SMARTS) is 2. The number of hydrogen-bond acceptors (Lipinski definition) is 2. The summed E-state index contributed by atoms with van der Waals surface area (Å²) in [4.78, 5) is 20.9. The number of aliphatic carboxylic acids is 2. The number of rotatable bonds is 20. The van der Waals surface area contributed by atoms with Gasteiger partial charge in [-0.1, -0.05) is 0 Å². The predicted molar refractivity (Wildman–Crippen MR) is 114 cm³/mol. The molecule has 0 rings (SSSR count). The fourth-order valence-electron chi connectivity index (χ4n) is 3.36. The molecule has 0 aromatic heterocycles. The van der Waals surface area contributed by atoms with Gasteiger partial charge < -0.3 is 0 Å². The first-order valence-electron chi connectivity index (χ1n) is 11.0. The molecule has 0 aromatic rings. The van der Waals surface area contributed by atoms with Gasteiger partial charge in [-0.25, -0.2) is 0 Å². The number of unbranched alkanes of at least 4 members (excludes halogenated alkanes) is 10. The Kier molecular flexibility index (Phi) is 18.9. The van der Waals surface area contributed by atoms with Crippen LogP contribution in [0.5, 0.6) is 0 Å². The van der Waals surface area contributed by atoms with E-state index >= 15 is 0 Å². The van der Waals surface area contributed by atoms with Gasteiger partial charge in [-0.15, -0.1) is 0 Å². The molecule has 0 saturated carbocycles. The summed E-state index contributed by atoms with van der Waals surface area (Å²) >= 11 is 0.100. The van der Waals surface area contributed by atoms with Crippen LogP contribution in [0.3, 0.4) is 0 Å². The van der Waals surface area contributed by atoms with Gasteiger partial charge in [-0.3, -0.25) is 0 Å². The molecule has 160 valence electrons. The predicted octanol–water partition coefficient (Wildman–Crippen LogP) is 6.72. The Morgan fingerprint density at radius 2 is 0.889 bits per heavy atom. The van der Waals surface area contributed by atoms with Crippen LogP contribution in [0.15, 0.2) is 0 Å². The minimum atomic E-state index is -0.668. The maximum absolute atomic E-state index is 10.4. The van der Waals surface area contributed by atoms with Crippen LogP contribution in [0.25, 0.3) is 0 Å². The van der Waals surface area contributed by atoms with Gasteiger partial charge in [-0.2, -0.15) is 0 Å². The quantitative estimate of drug-likeness (QED) is 0.144. The molecule has 0 aromatic carbocycles. The van der Waals surface area contributed by atoms with Crippen molar-refractivity contribution in [2.24, 2.45) is 0 Å².